The van der Waals surface area contributed by atoms with Gasteiger partial charge in [0.1, 0.15) is 11.9 Å². The first-order valence-corrected chi connectivity index (χ1v) is 13.8. The number of hydrogen-bond acceptors (Lipinski definition) is 4. The Morgan fingerprint density at radius 2 is 1.69 bits per heavy atom. The van der Waals surface area contributed by atoms with Crippen molar-refractivity contribution in [1.29, 1.82) is 0 Å². The number of sulfonamides is 1. The quantitative estimate of drug-likeness (QED) is 0.421. The van der Waals surface area contributed by atoms with Gasteiger partial charge in [0.2, 0.25) is 21.8 Å². The highest BCUT2D eigenvalue weighted by Crippen LogP contribution is 2.22. The molecular formula is C25H33ClFN3O4S. The molecule has 192 valence electrons. The average Bonchev–Trinajstić information content (AvgIpc) is 2.81. The summed E-state index contributed by atoms with van der Waals surface area (Å²) in [5.74, 6) is -0.913. The maximum atomic E-state index is 13.4. The zero-order chi connectivity index (χ0) is 26.0. The fourth-order valence-electron chi connectivity index (χ4n) is 3.68. The van der Waals surface area contributed by atoms with Gasteiger partial charge in [0.05, 0.1) is 11.9 Å². The van der Waals surface area contributed by atoms with Crippen molar-refractivity contribution in [3.63, 3.8) is 0 Å². The number of halogens is 2. The summed E-state index contributed by atoms with van der Waals surface area (Å²) in [6.07, 6.45) is 2.57. The van der Waals surface area contributed by atoms with Crippen LogP contribution in [0.5, 0.6) is 0 Å². The standard InChI is InChI=1S/C25H33ClFN3O4S/c1-4-16-28-25(32)23(5-2)29(18-19-8-12-21(27)13-9-19)24(31)7-6-17-30(35(3,33)34)22-14-10-20(26)11-15-22/h8-15,23H,4-7,16-18H2,1-3H3,(H,28,32). The Balaban J connectivity index is 2.18. The molecule has 0 heterocycles. The predicted molar refractivity (Wildman–Crippen MR) is 137 cm³/mol. The van der Waals surface area contributed by atoms with Crippen molar-refractivity contribution in [2.24, 2.45) is 0 Å². The van der Waals surface area contributed by atoms with E-state index in [9.17, 15) is 22.4 Å². The van der Waals surface area contributed by atoms with Gasteiger partial charge in [0.15, 0.2) is 0 Å². The predicted octanol–water partition coefficient (Wildman–Crippen LogP) is 4.36. The Hall–Kier alpha value is -2.65. The van der Waals surface area contributed by atoms with Crippen LogP contribution in [0.25, 0.3) is 0 Å². The summed E-state index contributed by atoms with van der Waals surface area (Å²) in [5, 5.41) is 3.33. The van der Waals surface area contributed by atoms with Gasteiger partial charge in [-0.15, -0.1) is 0 Å². The van der Waals surface area contributed by atoms with E-state index in [4.69, 9.17) is 11.6 Å². The van der Waals surface area contributed by atoms with Gasteiger partial charge < -0.3 is 10.2 Å². The second kappa shape index (κ2) is 13.4. The van der Waals surface area contributed by atoms with Crippen molar-refractivity contribution in [2.45, 2.75) is 52.1 Å². The second-order valence-electron chi connectivity index (χ2n) is 8.28. The molecule has 2 rings (SSSR count). The Kier molecular flexibility index (Phi) is 11.0. The molecule has 35 heavy (non-hydrogen) atoms. The van der Waals surface area contributed by atoms with Crippen LogP contribution in [0.1, 0.15) is 45.1 Å². The molecule has 7 nitrogen and oxygen atoms in total. The molecule has 1 N–H and O–H groups in total. The molecule has 0 saturated carbocycles. The first kappa shape index (κ1) is 28.6. The Labute approximate surface area is 212 Å². The van der Waals surface area contributed by atoms with Gasteiger partial charge >= 0.3 is 0 Å². The van der Waals surface area contributed by atoms with Crippen LogP contribution >= 0.6 is 11.6 Å². The Bertz CT molecular complexity index is 1080. The summed E-state index contributed by atoms with van der Waals surface area (Å²) in [4.78, 5) is 27.6. The molecule has 2 aromatic carbocycles. The number of nitrogens with zero attached hydrogens (tertiary/aromatic N) is 2. The summed E-state index contributed by atoms with van der Waals surface area (Å²) in [6, 6.07) is 11.5. The topological polar surface area (TPSA) is 86.8 Å². The number of hydrogen-bond donors (Lipinski definition) is 1. The van der Waals surface area contributed by atoms with E-state index in [1.807, 2.05) is 13.8 Å². The number of benzene rings is 2. The van der Waals surface area contributed by atoms with Crippen molar-refractivity contribution in [3.05, 3.63) is 64.9 Å². The first-order chi connectivity index (χ1) is 16.6. The summed E-state index contributed by atoms with van der Waals surface area (Å²) in [7, 11) is -3.58. The molecule has 0 aromatic heterocycles. The number of anilines is 1. The Morgan fingerprint density at radius 3 is 2.23 bits per heavy atom. The smallest absolute Gasteiger partial charge is 0.242 e. The summed E-state index contributed by atoms with van der Waals surface area (Å²) in [5.41, 5.74) is 1.15. The van der Waals surface area contributed by atoms with Gasteiger partial charge in [-0.3, -0.25) is 13.9 Å². The normalized spacial score (nSPS) is 12.1. The fourth-order valence-corrected chi connectivity index (χ4v) is 4.77. The number of carbonyl (C=O) groups excluding carboxylic acids is 2. The van der Waals surface area contributed by atoms with Gasteiger partial charge in [0.25, 0.3) is 0 Å². The lowest BCUT2D eigenvalue weighted by molar-refractivity contribution is -0.141. The van der Waals surface area contributed by atoms with Crippen LogP contribution in [0.4, 0.5) is 10.1 Å². The molecule has 0 aliphatic rings. The highest BCUT2D eigenvalue weighted by Gasteiger charge is 2.28. The molecular weight excluding hydrogens is 493 g/mol. The molecule has 0 saturated heterocycles. The fraction of sp³-hybridized carbons (Fsp3) is 0.440. The van der Waals surface area contributed by atoms with Gasteiger partial charge in [-0.25, -0.2) is 12.8 Å². The van der Waals surface area contributed by atoms with Crippen LogP contribution in [-0.4, -0.2) is 50.5 Å². The van der Waals surface area contributed by atoms with E-state index in [-0.39, 0.29) is 43.6 Å². The molecule has 1 unspecified atom stereocenters. The number of carbonyl (C=O) groups is 2. The van der Waals surface area contributed by atoms with Crippen LogP contribution in [0.3, 0.4) is 0 Å². The second-order valence-corrected chi connectivity index (χ2v) is 10.6. The van der Waals surface area contributed by atoms with Crippen molar-refractivity contribution >= 4 is 39.1 Å². The summed E-state index contributed by atoms with van der Waals surface area (Å²) in [6.45, 7) is 4.50. The van der Waals surface area contributed by atoms with Crippen molar-refractivity contribution in [1.82, 2.24) is 10.2 Å². The van der Waals surface area contributed by atoms with E-state index in [2.05, 4.69) is 5.32 Å². The first-order valence-electron chi connectivity index (χ1n) is 11.6. The van der Waals surface area contributed by atoms with Crippen LogP contribution < -0.4 is 9.62 Å². The van der Waals surface area contributed by atoms with Gasteiger partial charge in [-0.1, -0.05) is 37.6 Å². The molecule has 0 bridgehead atoms. The molecule has 2 amide bonds. The van der Waals surface area contributed by atoms with E-state index in [1.165, 1.54) is 21.3 Å². The van der Waals surface area contributed by atoms with E-state index in [0.717, 1.165) is 12.7 Å². The zero-order valence-corrected chi connectivity index (χ0v) is 21.9. The molecule has 0 fully saturated rings. The third kappa shape index (κ3) is 8.81. The largest absolute Gasteiger partial charge is 0.354 e. The average molecular weight is 526 g/mol. The maximum absolute atomic E-state index is 13.4. The van der Waals surface area contributed by atoms with Crippen molar-refractivity contribution in [2.75, 3.05) is 23.7 Å². The monoisotopic (exact) mass is 525 g/mol. The van der Waals surface area contributed by atoms with E-state index < -0.39 is 16.1 Å². The van der Waals surface area contributed by atoms with E-state index in [0.29, 0.717) is 29.2 Å². The molecule has 0 radical (unpaired) electrons. The third-order valence-corrected chi connectivity index (χ3v) is 6.91. The van der Waals surface area contributed by atoms with Gasteiger partial charge in [0, 0.05) is 31.1 Å². The zero-order valence-electron chi connectivity index (χ0n) is 20.3. The van der Waals surface area contributed by atoms with Crippen molar-refractivity contribution in [3.8, 4) is 0 Å². The number of nitrogens with one attached hydrogen (secondary N) is 1. The molecule has 2 aromatic rings. The SMILES string of the molecule is CCCNC(=O)C(CC)N(Cc1ccc(F)cc1)C(=O)CCCN(c1ccc(Cl)cc1)S(C)(=O)=O. The van der Waals surface area contributed by atoms with Crippen LogP contribution in [0, 0.1) is 5.82 Å². The number of rotatable bonds is 13. The molecule has 0 spiro atoms. The highest BCUT2D eigenvalue weighted by atomic mass is 35.5. The third-order valence-electron chi connectivity index (χ3n) is 5.47. The summed E-state index contributed by atoms with van der Waals surface area (Å²) < 4.78 is 39.3. The molecule has 1 atom stereocenters. The molecule has 10 heteroatoms. The van der Waals surface area contributed by atoms with Crippen LogP contribution in [0.15, 0.2) is 48.5 Å². The van der Waals surface area contributed by atoms with E-state index >= 15 is 0 Å². The van der Waals surface area contributed by atoms with Gasteiger partial charge in [-0.05, 0) is 61.2 Å². The number of amides is 2. The molecule has 0 aliphatic heterocycles. The lowest BCUT2D eigenvalue weighted by atomic mass is 10.1. The van der Waals surface area contributed by atoms with Crippen LogP contribution in [-0.2, 0) is 26.2 Å². The highest BCUT2D eigenvalue weighted by molar-refractivity contribution is 7.92. The van der Waals surface area contributed by atoms with E-state index in [1.54, 1.807) is 36.4 Å². The molecule has 0 aliphatic carbocycles. The Morgan fingerprint density at radius 1 is 1.06 bits per heavy atom. The summed E-state index contributed by atoms with van der Waals surface area (Å²) >= 11 is 5.92. The lowest BCUT2D eigenvalue weighted by Gasteiger charge is -2.31. The maximum Gasteiger partial charge on any atom is 0.242 e. The van der Waals surface area contributed by atoms with Gasteiger partial charge in [-0.2, -0.15) is 0 Å². The van der Waals surface area contributed by atoms with Crippen molar-refractivity contribution < 1.29 is 22.4 Å². The minimum absolute atomic E-state index is 0.0400. The lowest BCUT2D eigenvalue weighted by Crippen LogP contribution is -2.49. The van der Waals surface area contributed by atoms with Crippen LogP contribution in [0.2, 0.25) is 5.02 Å². The minimum atomic E-state index is -3.58. The minimum Gasteiger partial charge on any atom is -0.354 e.